The fourth-order valence-corrected chi connectivity index (χ4v) is 2.49. The quantitative estimate of drug-likeness (QED) is 0.828. The molecule has 1 saturated heterocycles. The lowest BCUT2D eigenvalue weighted by Gasteiger charge is -2.28. The molecule has 0 aromatic heterocycles. The van der Waals surface area contributed by atoms with Crippen molar-refractivity contribution < 1.29 is 14.2 Å². The molecule has 1 aliphatic rings. The maximum atomic E-state index is 5.54. The van der Waals surface area contributed by atoms with Crippen LogP contribution in [-0.2, 0) is 9.47 Å². The summed E-state index contributed by atoms with van der Waals surface area (Å²) in [6, 6.07) is 8.54. The first-order valence-corrected chi connectivity index (χ1v) is 7.41. The van der Waals surface area contributed by atoms with Crippen molar-refractivity contribution in [2.75, 3.05) is 47.7 Å². The molecule has 1 aromatic carbocycles. The number of hydrogen-bond donors (Lipinski definition) is 1. The number of likely N-dealkylation sites (N-methyl/N-ethyl adjacent to an activating group) is 1. The summed E-state index contributed by atoms with van der Waals surface area (Å²) >= 11 is 0. The molecule has 1 heterocycles. The van der Waals surface area contributed by atoms with Gasteiger partial charge in [-0.25, -0.2) is 0 Å². The zero-order valence-electron chi connectivity index (χ0n) is 13.2. The van der Waals surface area contributed by atoms with Crippen LogP contribution in [-0.4, -0.2) is 58.7 Å². The van der Waals surface area contributed by atoms with E-state index in [-0.39, 0.29) is 6.10 Å². The zero-order chi connectivity index (χ0) is 15.1. The van der Waals surface area contributed by atoms with Crippen molar-refractivity contribution in [3.63, 3.8) is 0 Å². The van der Waals surface area contributed by atoms with Gasteiger partial charge < -0.3 is 24.4 Å². The van der Waals surface area contributed by atoms with Crippen LogP contribution in [0.2, 0.25) is 0 Å². The van der Waals surface area contributed by atoms with Gasteiger partial charge in [-0.1, -0.05) is 12.1 Å². The third-order valence-electron chi connectivity index (χ3n) is 3.78. The van der Waals surface area contributed by atoms with Gasteiger partial charge in [0.25, 0.3) is 0 Å². The molecule has 21 heavy (non-hydrogen) atoms. The SMILES string of the molecule is COc1cccc(C(CNCC2CCOCO2)N(C)C)c1. The largest absolute Gasteiger partial charge is 0.497 e. The van der Waals surface area contributed by atoms with Crippen LogP contribution < -0.4 is 10.1 Å². The Labute approximate surface area is 127 Å². The van der Waals surface area contributed by atoms with Gasteiger partial charge in [0.05, 0.1) is 19.8 Å². The first-order valence-electron chi connectivity index (χ1n) is 7.41. The van der Waals surface area contributed by atoms with Crippen molar-refractivity contribution in [3.05, 3.63) is 29.8 Å². The first-order chi connectivity index (χ1) is 10.2. The Bertz CT molecular complexity index is 420. The Morgan fingerprint density at radius 1 is 1.43 bits per heavy atom. The van der Waals surface area contributed by atoms with E-state index in [2.05, 4.69) is 36.4 Å². The van der Waals surface area contributed by atoms with Crippen LogP contribution in [0.1, 0.15) is 18.0 Å². The lowest BCUT2D eigenvalue weighted by Crippen LogP contribution is -2.38. The lowest BCUT2D eigenvalue weighted by atomic mass is 10.1. The van der Waals surface area contributed by atoms with E-state index in [0.29, 0.717) is 12.8 Å². The molecule has 0 saturated carbocycles. The molecule has 1 aromatic rings. The van der Waals surface area contributed by atoms with Crippen molar-refractivity contribution in [3.8, 4) is 5.75 Å². The Hall–Kier alpha value is -1.14. The van der Waals surface area contributed by atoms with Gasteiger partial charge in [-0.15, -0.1) is 0 Å². The molecular weight excluding hydrogens is 268 g/mol. The number of rotatable bonds is 7. The topological polar surface area (TPSA) is 43.0 Å². The standard InChI is InChI=1S/C16H26N2O3/c1-18(2)16(13-5-4-6-14(9-13)19-3)11-17-10-15-7-8-20-12-21-15/h4-6,9,15-17H,7-8,10-12H2,1-3H3. The highest BCUT2D eigenvalue weighted by Gasteiger charge is 2.17. The summed E-state index contributed by atoms with van der Waals surface area (Å²) in [6.45, 7) is 2.94. The van der Waals surface area contributed by atoms with E-state index in [9.17, 15) is 0 Å². The van der Waals surface area contributed by atoms with Crippen LogP contribution in [0.15, 0.2) is 24.3 Å². The average Bonchev–Trinajstić information content (AvgIpc) is 2.52. The summed E-state index contributed by atoms with van der Waals surface area (Å²) < 4.78 is 16.0. The van der Waals surface area contributed by atoms with Crippen molar-refractivity contribution >= 4 is 0 Å². The van der Waals surface area contributed by atoms with Gasteiger partial charge in [0.1, 0.15) is 12.5 Å². The molecule has 0 bridgehead atoms. The van der Waals surface area contributed by atoms with Gasteiger partial charge >= 0.3 is 0 Å². The predicted molar refractivity (Wildman–Crippen MR) is 82.6 cm³/mol. The van der Waals surface area contributed by atoms with E-state index in [1.54, 1.807) is 7.11 Å². The predicted octanol–water partition coefficient (Wildman–Crippen LogP) is 1.65. The van der Waals surface area contributed by atoms with Crippen molar-refractivity contribution in [1.82, 2.24) is 10.2 Å². The van der Waals surface area contributed by atoms with E-state index in [1.165, 1.54) is 5.56 Å². The van der Waals surface area contributed by atoms with Crippen LogP contribution in [0.5, 0.6) is 5.75 Å². The molecular formula is C16H26N2O3. The summed E-state index contributed by atoms with van der Waals surface area (Å²) in [6.07, 6.45) is 1.21. The Kier molecular flexibility index (Phi) is 6.45. The van der Waals surface area contributed by atoms with Crippen molar-refractivity contribution in [2.45, 2.75) is 18.6 Å². The fraction of sp³-hybridized carbons (Fsp3) is 0.625. The molecule has 0 aliphatic carbocycles. The lowest BCUT2D eigenvalue weighted by molar-refractivity contribution is -0.137. The van der Waals surface area contributed by atoms with Gasteiger partial charge in [0, 0.05) is 19.1 Å². The molecule has 2 unspecified atom stereocenters. The molecule has 118 valence electrons. The van der Waals surface area contributed by atoms with Crippen LogP contribution in [0.4, 0.5) is 0 Å². The van der Waals surface area contributed by atoms with E-state index >= 15 is 0 Å². The third kappa shape index (κ3) is 4.97. The van der Waals surface area contributed by atoms with Crippen LogP contribution in [0, 0.1) is 0 Å². The molecule has 0 radical (unpaired) electrons. The minimum absolute atomic E-state index is 0.256. The second-order valence-electron chi connectivity index (χ2n) is 5.52. The third-order valence-corrected chi connectivity index (χ3v) is 3.78. The average molecular weight is 294 g/mol. The number of ether oxygens (including phenoxy) is 3. The highest BCUT2D eigenvalue weighted by atomic mass is 16.7. The van der Waals surface area contributed by atoms with E-state index in [4.69, 9.17) is 14.2 Å². The van der Waals surface area contributed by atoms with Gasteiger partial charge in [0.2, 0.25) is 0 Å². The minimum atomic E-state index is 0.256. The summed E-state index contributed by atoms with van der Waals surface area (Å²) in [4.78, 5) is 2.21. The molecule has 5 heteroatoms. The molecule has 0 spiro atoms. The van der Waals surface area contributed by atoms with Gasteiger partial charge in [-0.3, -0.25) is 0 Å². The molecule has 1 fully saturated rings. The zero-order valence-corrected chi connectivity index (χ0v) is 13.2. The number of hydrogen-bond acceptors (Lipinski definition) is 5. The Morgan fingerprint density at radius 2 is 2.29 bits per heavy atom. The van der Waals surface area contributed by atoms with E-state index in [1.807, 2.05) is 12.1 Å². The highest BCUT2D eigenvalue weighted by molar-refractivity contribution is 5.30. The van der Waals surface area contributed by atoms with Gasteiger partial charge in [-0.2, -0.15) is 0 Å². The summed E-state index contributed by atoms with van der Waals surface area (Å²) in [5.41, 5.74) is 1.25. The normalized spacial score (nSPS) is 20.5. The molecule has 1 aliphatic heterocycles. The van der Waals surface area contributed by atoms with Crippen molar-refractivity contribution in [1.29, 1.82) is 0 Å². The second kappa shape index (κ2) is 8.34. The van der Waals surface area contributed by atoms with Crippen molar-refractivity contribution in [2.24, 2.45) is 0 Å². The minimum Gasteiger partial charge on any atom is -0.497 e. The number of benzene rings is 1. The van der Waals surface area contributed by atoms with Gasteiger partial charge in [0.15, 0.2) is 0 Å². The van der Waals surface area contributed by atoms with Crippen LogP contribution >= 0.6 is 0 Å². The monoisotopic (exact) mass is 294 g/mol. The maximum Gasteiger partial charge on any atom is 0.147 e. The molecule has 2 atom stereocenters. The van der Waals surface area contributed by atoms with Crippen LogP contribution in [0.3, 0.4) is 0 Å². The summed E-state index contributed by atoms with van der Waals surface area (Å²) in [7, 11) is 5.89. The highest BCUT2D eigenvalue weighted by Crippen LogP contribution is 2.22. The van der Waals surface area contributed by atoms with E-state index in [0.717, 1.165) is 31.9 Å². The van der Waals surface area contributed by atoms with Crippen LogP contribution in [0.25, 0.3) is 0 Å². The van der Waals surface area contributed by atoms with E-state index < -0.39 is 0 Å². The van der Waals surface area contributed by atoms with Gasteiger partial charge in [-0.05, 0) is 38.2 Å². The number of nitrogens with one attached hydrogen (secondary N) is 1. The number of nitrogens with zero attached hydrogens (tertiary/aromatic N) is 1. The molecule has 0 amide bonds. The molecule has 2 rings (SSSR count). The Balaban J connectivity index is 1.89. The fourth-order valence-electron chi connectivity index (χ4n) is 2.49. The Morgan fingerprint density at radius 3 is 2.95 bits per heavy atom. The second-order valence-corrected chi connectivity index (χ2v) is 5.52. The first kappa shape index (κ1) is 16.2. The maximum absolute atomic E-state index is 5.54. The summed E-state index contributed by atoms with van der Waals surface area (Å²) in [5, 5.41) is 3.51. The summed E-state index contributed by atoms with van der Waals surface area (Å²) in [5.74, 6) is 0.895. The number of methoxy groups -OCH3 is 1. The smallest absolute Gasteiger partial charge is 0.147 e. The molecule has 5 nitrogen and oxygen atoms in total. The molecule has 1 N–H and O–H groups in total.